The van der Waals surface area contributed by atoms with E-state index < -0.39 is 0 Å². The van der Waals surface area contributed by atoms with Crippen LogP contribution in [0.15, 0.2) is 17.1 Å². The highest BCUT2D eigenvalue weighted by molar-refractivity contribution is 5.79. The number of nitrogens with zero attached hydrogens (tertiary/aromatic N) is 1. The van der Waals surface area contributed by atoms with Crippen molar-refractivity contribution in [1.82, 2.24) is 9.88 Å². The molecule has 108 valence electrons. The quantitative estimate of drug-likeness (QED) is 0.834. The first-order valence-electron chi connectivity index (χ1n) is 7.26. The molecule has 20 heavy (non-hydrogen) atoms. The van der Waals surface area contributed by atoms with Crippen molar-refractivity contribution in [3.05, 3.63) is 33.7 Å². The van der Waals surface area contributed by atoms with Crippen molar-refractivity contribution in [3.8, 4) is 0 Å². The maximum atomic E-state index is 12.6. The molecule has 1 aromatic rings. The summed E-state index contributed by atoms with van der Waals surface area (Å²) in [5.41, 5.74) is 1.72. The lowest BCUT2D eigenvalue weighted by atomic mass is 9.92. The summed E-state index contributed by atoms with van der Waals surface area (Å²) in [6, 6.07) is 1.94. The predicted octanol–water partition coefficient (Wildman–Crippen LogP) is 1.07. The number of H-pyrrole nitrogens is 1. The summed E-state index contributed by atoms with van der Waals surface area (Å²) in [6.07, 6.45) is 4.23. The molecule has 2 atom stereocenters. The molecule has 0 saturated carbocycles. The minimum absolute atomic E-state index is 0.0216. The Kier molecular flexibility index (Phi) is 3.61. The van der Waals surface area contributed by atoms with Crippen LogP contribution in [0.4, 0.5) is 0 Å². The number of carbonyl (C=O) groups excluding carboxylic acids is 1. The lowest BCUT2D eigenvalue weighted by molar-refractivity contribution is -0.145. The van der Waals surface area contributed by atoms with Crippen molar-refractivity contribution in [3.63, 3.8) is 0 Å². The molecule has 5 nitrogen and oxygen atoms in total. The molecule has 0 bridgehead atoms. The second-order valence-corrected chi connectivity index (χ2v) is 5.65. The summed E-state index contributed by atoms with van der Waals surface area (Å²) >= 11 is 0. The van der Waals surface area contributed by atoms with Crippen LogP contribution in [0.2, 0.25) is 0 Å². The van der Waals surface area contributed by atoms with Crippen molar-refractivity contribution in [2.24, 2.45) is 5.92 Å². The molecule has 5 heteroatoms. The zero-order chi connectivity index (χ0) is 14.1. The van der Waals surface area contributed by atoms with Gasteiger partial charge in [-0.05, 0) is 37.8 Å². The first-order chi connectivity index (χ1) is 9.66. The third kappa shape index (κ3) is 2.38. The Morgan fingerprint density at radius 3 is 3.15 bits per heavy atom. The van der Waals surface area contributed by atoms with E-state index in [1.165, 1.54) is 0 Å². The van der Waals surface area contributed by atoms with Gasteiger partial charge in [0, 0.05) is 24.9 Å². The van der Waals surface area contributed by atoms with Gasteiger partial charge in [-0.1, -0.05) is 0 Å². The Labute approximate surface area is 117 Å². The van der Waals surface area contributed by atoms with Crippen LogP contribution < -0.4 is 5.56 Å². The molecule has 3 heterocycles. The Balaban J connectivity index is 1.78. The van der Waals surface area contributed by atoms with Gasteiger partial charge in [0.15, 0.2) is 0 Å². The Hall–Kier alpha value is -1.62. The van der Waals surface area contributed by atoms with Crippen LogP contribution >= 0.6 is 0 Å². The van der Waals surface area contributed by atoms with E-state index in [4.69, 9.17) is 4.74 Å². The van der Waals surface area contributed by atoms with E-state index >= 15 is 0 Å². The summed E-state index contributed by atoms with van der Waals surface area (Å²) in [6.45, 7) is 3.83. The first kappa shape index (κ1) is 13.4. The van der Waals surface area contributed by atoms with Gasteiger partial charge in [0.05, 0.1) is 18.6 Å². The molecule has 0 radical (unpaired) electrons. The monoisotopic (exact) mass is 276 g/mol. The van der Waals surface area contributed by atoms with Gasteiger partial charge in [0.2, 0.25) is 5.91 Å². The van der Waals surface area contributed by atoms with Gasteiger partial charge in [-0.25, -0.2) is 0 Å². The second kappa shape index (κ2) is 5.40. The molecule has 0 spiro atoms. The first-order valence-corrected chi connectivity index (χ1v) is 7.26. The van der Waals surface area contributed by atoms with Crippen molar-refractivity contribution in [1.29, 1.82) is 0 Å². The van der Waals surface area contributed by atoms with Crippen LogP contribution in [0.1, 0.15) is 30.9 Å². The van der Waals surface area contributed by atoms with Gasteiger partial charge in [0.1, 0.15) is 0 Å². The average molecular weight is 276 g/mol. The van der Waals surface area contributed by atoms with Crippen LogP contribution in [0.5, 0.6) is 0 Å². The normalized spacial score (nSPS) is 26.1. The molecular formula is C15H20N2O3. The molecule has 1 aromatic heterocycles. The third-order valence-corrected chi connectivity index (χ3v) is 4.40. The Morgan fingerprint density at radius 2 is 2.35 bits per heavy atom. The van der Waals surface area contributed by atoms with Crippen LogP contribution in [-0.2, 0) is 22.5 Å². The van der Waals surface area contributed by atoms with Crippen LogP contribution in [0.3, 0.4) is 0 Å². The minimum Gasteiger partial charge on any atom is -0.378 e. The van der Waals surface area contributed by atoms with E-state index in [1.54, 1.807) is 6.20 Å². The SMILES string of the molecule is CC1OCCCC1C(=O)N1CCc2cc[nH]c(=O)c2C1. The number of ether oxygens (including phenoxy) is 1. The molecule has 3 rings (SSSR count). The minimum atomic E-state index is -0.0760. The fraction of sp³-hybridized carbons (Fsp3) is 0.600. The number of aromatic amines is 1. The van der Waals surface area contributed by atoms with Gasteiger partial charge in [0.25, 0.3) is 5.56 Å². The van der Waals surface area contributed by atoms with Gasteiger partial charge < -0.3 is 14.6 Å². The highest BCUT2D eigenvalue weighted by Crippen LogP contribution is 2.25. The summed E-state index contributed by atoms with van der Waals surface area (Å²) in [5.74, 6) is 0.0687. The molecule has 1 saturated heterocycles. The van der Waals surface area contributed by atoms with Crippen molar-refractivity contribution < 1.29 is 9.53 Å². The molecular weight excluding hydrogens is 256 g/mol. The highest BCUT2D eigenvalue weighted by Gasteiger charge is 2.33. The molecule has 1 amide bonds. The number of rotatable bonds is 1. The highest BCUT2D eigenvalue weighted by atomic mass is 16.5. The van der Waals surface area contributed by atoms with E-state index in [-0.39, 0.29) is 23.5 Å². The summed E-state index contributed by atoms with van der Waals surface area (Å²) in [4.78, 5) is 29.0. The molecule has 2 aliphatic rings. The van der Waals surface area contributed by atoms with Crippen molar-refractivity contribution >= 4 is 5.91 Å². The topological polar surface area (TPSA) is 62.4 Å². The van der Waals surface area contributed by atoms with Gasteiger partial charge in [-0.2, -0.15) is 0 Å². The van der Waals surface area contributed by atoms with Gasteiger partial charge >= 0.3 is 0 Å². The Bertz CT molecular complexity index is 566. The molecule has 2 unspecified atom stereocenters. The molecule has 1 N–H and O–H groups in total. The summed E-state index contributed by atoms with van der Waals surface area (Å²) in [7, 11) is 0. The van der Waals surface area contributed by atoms with Gasteiger partial charge in [-0.15, -0.1) is 0 Å². The standard InChI is InChI=1S/C15H20N2O3/c1-10-12(3-2-8-20-10)15(19)17-7-5-11-4-6-16-14(18)13(11)9-17/h4,6,10,12H,2-3,5,7-9H2,1H3,(H,16,18). The average Bonchev–Trinajstić information content (AvgIpc) is 2.47. The molecule has 1 fully saturated rings. The molecule has 2 aliphatic heterocycles. The van der Waals surface area contributed by atoms with Crippen LogP contribution in [0.25, 0.3) is 0 Å². The van der Waals surface area contributed by atoms with E-state index in [2.05, 4.69) is 4.98 Å². The molecule has 0 aromatic carbocycles. The number of aromatic nitrogens is 1. The van der Waals surface area contributed by atoms with Crippen LogP contribution in [-0.4, -0.2) is 35.0 Å². The van der Waals surface area contributed by atoms with Crippen LogP contribution in [0, 0.1) is 5.92 Å². The lowest BCUT2D eigenvalue weighted by Crippen LogP contribution is -2.46. The second-order valence-electron chi connectivity index (χ2n) is 5.65. The van der Waals surface area contributed by atoms with Crippen molar-refractivity contribution in [2.45, 2.75) is 38.8 Å². The maximum absolute atomic E-state index is 12.6. The number of hydrogen-bond donors (Lipinski definition) is 1. The van der Waals surface area contributed by atoms with Crippen molar-refractivity contribution in [2.75, 3.05) is 13.2 Å². The fourth-order valence-corrected chi connectivity index (χ4v) is 3.15. The number of hydrogen-bond acceptors (Lipinski definition) is 3. The Morgan fingerprint density at radius 1 is 1.50 bits per heavy atom. The van der Waals surface area contributed by atoms with E-state index in [0.717, 1.165) is 37.0 Å². The largest absolute Gasteiger partial charge is 0.378 e. The predicted molar refractivity (Wildman–Crippen MR) is 74.3 cm³/mol. The number of pyridine rings is 1. The van der Waals surface area contributed by atoms with E-state index in [9.17, 15) is 9.59 Å². The number of fused-ring (bicyclic) bond motifs is 1. The zero-order valence-electron chi connectivity index (χ0n) is 11.7. The maximum Gasteiger partial charge on any atom is 0.253 e. The number of nitrogens with one attached hydrogen (secondary N) is 1. The van der Waals surface area contributed by atoms with Gasteiger partial charge in [-0.3, -0.25) is 9.59 Å². The third-order valence-electron chi connectivity index (χ3n) is 4.40. The number of carbonyl (C=O) groups is 1. The molecule has 0 aliphatic carbocycles. The smallest absolute Gasteiger partial charge is 0.253 e. The summed E-state index contributed by atoms with van der Waals surface area (Å²) < 4.78 is 5.58. The lowest BCUT2D eigenvalue weighted by Gasteiger charge is -2.35. The van der Waals surface area contributed by atoms with E-state index in [1.807, 2.05) is 17.9 Å². The fourth-order valence-electron chi connectivity index (χ4n) is 3.15. The summed E-state index contributed by atoms with van der Waals surface area (Å²) in [5, 5.41) is 0. The number of amides is 1. The van der Waals surface area contributed by atoms with E-state index in [0.29, 0.717) is 13.1 Å². The zero-order valence-corrected chi connectivity index (χ0v) is 11.7.